The minimum absolute atomic E-state index is 0.0480. The lowest BCUT2D eigenvalue weighted by Crippen LogP contribution is -2.24. The summed E-state index contributed by atoms with van der Waals surface area (Å²) in [7, 11) is 0. The van der Waals surface area contributed by atoms with E-state index >= 15 is 0 Å². The van der Waals surface area contributed by atoms with Gasteiger partial charge >= 0.3 is 0 Å². The standard InChI is InChI=1S/C33H58O6/c1-3-4-5-6-7-8-9-10-11-14-30(2)32-18-16-31(17-19-32)29-37-26-25-35-22-21-34-23-24-36-27-28-39-33-15-12-13-20-38-33/h16-19,30,33H,3-15,20-29H2,1-2H3. The Kier molecular flexibility index (Phi) is 21.7. The van der Waals surface area contributed by atoms with Crippen LogP contribution < -0.4 is 0 Å². The van der Waals surface area contributed by atoms with Crippen molar-refractivity contribution in [2.75, 3.05) is 59.5 Å². The van der Waals surface area contributed by atoms with E-state index in [0.717, 1.165) is 19.4 Å². The zero-order valence-electron chi connectivity index (χ0n) is 25.2. The Morgan fingerprint density at radius 2 is 1.26 bits per heavy atom. The summed E-state index contributed by atoms with van der Waals surface area (Å²) in [5.41, 5.74) is 2.66. The van der Waals surface area contributed by atoms with E-state index in [0.29, 0.717) is 65.4 Å². The maximum absolute atomic E-state index is 5.77. The highest BCUT2D eigenvalue weighted by Crippen LogP contribution is 2.23. The summed E-state index contributed by atoms with van der Waals surface area (Å²) in [6.45, 7) is 10.6. The zero-order valence-corrected chi connectivity index (χ0v) is 25.2. The van der Waals surface area contributed by atoms with Crippen LogP contribution in [0.15, 0.2) is 24.3 Å². The van der Waals surface area contributed by atoms with Crippen molar-refractivity contribution in [1.82, 2.24) is 0 Å². The number of unbranched alkanes of at least 4 members (excludes halogenated alkanes) is 8. The summed E-state index contributed by atoms with van der Waals surface area (Å²) in [6, 6.07) is 8.95. The van der Waals surface area contributed by atoms with Crippen LogP contribution in [0.3, 0.4) is 0 Å². The van der Waals surface area contributed by atoms with Crippen molar-refractivity contribution < 1.29 is 28.4 Å². The van der Waals surface area contributed by atoms with Gasteiger partial charge in [0.05, 0.1) is 59.5 Å². The number of ether oxygens (including phenoxy) is 6. The first-order valence-electron chi connectivity index (χ1n) is 15.9. The summed E-state index contributed by atoms with van der Waals surface area (Å²) in [6.07, 6.45) is 17.1. The fraction of sp³-hybridized carbons (Fsp3) is 0.818. The molecule has 0 aromatic heterocycles. The van der Waals surface area contributed by atoms with E-state index in [4.69, 9.17) is 28.4 Å². The van der Waals surface area contributed by atoms with E-state index in [9.17, 15) is 0 Å². The molecule has 0 amide bonds. The van der Waals surface area contributed by atoms with Crippen LogP contribution in [0.4, 0.5) is 0 Å². The normalized spacial score (nSPS) is 16.5. The third-order valence-corrected chi connectivity index (χ3v) is 7.34. The van der Waals surface area contributed by atoms with Crippen molar-refractivity contribution in [3.63, 3.8) is 0 Å². The summed E-state index contributed by atoms with van der Waals surface area (Å²) in [5.74, 6) is 0.627. The van der Waals surface area contributed by atoms with Crippen molar-refractivity contribution in [1.29, 1.82) is 0 Å². The molecule has 1 aromatic carbocycles. The van der Waals surface area contributed by atoms with Gasteiger partial charge in [0, 0.05) is 6.61 Å². The van der Waals surface area contributed by atoms with Gasteiger partial charge in [0.1, 0.15) is 0 Å². The third-order valence-electron chi connectivity index (χ3n) is 7.34. The van der Waals surface area contributed by atoms with Gasteiger partial charge in [-0.3, -0.25) is 0 Å². The molecule has 1 aliphatic heterocycles. The molecule has 0 radical (unpaired) electrons. The average molecular weight is 551 g/mol. The van der Waals surface area contributed by atoms with Gasteiger partial charge in [-0.2, -0.15) is 0 Å². The summed E-state index contributed by atoms with van der Waals surface area (Å²) in [5, 5.41) is 0. The maximum Gasteiger partial charge on any atom is 0.157 e. The molecule has 2 unspecified atom stereocenters. The molecular formula is C33H58O6. The molecule has 0 saturated carbocycles. The second-order valence-electron chi connectivity index (χ2n) is 10.8. The fourth-order valence-electron chi connectivity index (χ4n) is 4.80. The van der Waals surface area contributed by atoms with Gasteiger partial charge in [-0.25, -0.2) is 0 Å². The summed E-state index contributed by atoms with van der Waals surface area (Å²) >= 11 is 0. The molecule has 6 heteroatoms. The van der Waals surface area contributed by atoms with Crippen LogP contribution in [0, 0.1) is 0 Å². The smallest absolute Gasteiger partial charge is 0.157 e. The molecule has 2 rings (SSSR count). The topological polar surface area (TPSA) is 55.4 Å². The minimum Gasteiger partial charge on any atom is -0.377 e. The van der Waals surface area contributed by atoms with Crippen LogP contribution in [0.2, 0.25) is 0 Å². The maximum atomic E-state index is 5.77. The van der Waals surface area contributed by atoms with Gasteiger partial charge in [-0.1, -0.05) is 95.9 Å². The van der Waals surface area contributed by atoms with Gasteiger partial charge in [0.15, 0.2) is 6.29 Å². The van der Waals surface area contributed by atoms with E-state index in [1.807, 2.05) is 0 Å². The highest BCUT2D eigenvalue weighted by atomic mass is 16.7. The SMILES string of the molecule is CCCCCCCCCCCC(C)c1ccc(COCCOCCOCCOCCOC2CCCCO2)cc1. The first kappa shape index (κ1) is 34.2. The van der Waals surface area contributed by atoms with Gasteiger partial charge in [0.2, 0.25) is 0 Å². The Labute approximate surface area is 239 Å². The average Bonchev–Trinajstić information content (AvgIpc) is 2.97. The molecule has 1 aliphatic rings. The van der Waals surface area contributed by atoms with Crippen LogP contribution in [-0.2, 0) is 35.0 Å². The Morgan fingerprint density at radius 3 is 1.85 bits per heavy atom. The second kappa shape index (κ2) is 24.8. The molecule has 0 bridgehead atoms. The number of hydrogen-bond acceptors (Lipinski definition) is 6. The molecule has 0 aliphatic carbocycles. The molecule has 0 spiro atoms. The Bertz CT molecular complexity index is 646. The highest BCUT2D eigenvalue weighted by molar-refractivity contribution is 5.24. The highest BCUT2D eigenvalue weighted by Gasteiger charge is 2.13. The van der Waals surface area contributed by atoms with Crippen LogP contribution in [-0.4, -0.2) is 65.8 Å². The van der Waals surface area contributed by atoms with Crippen LogP contribution in [0.5, 0.6) is 0 Å². The van der Waals surface area contributed by atoms with Gasteiger partial charge < -0.3 is 28.4 Å². The van der Waals surface area contributed by atoms with E-state index in [1.165, 1.54) is 81.8 Å². The predicted molar refractivity (Wildman–Crippen MR) is 158 cm³/mol. The van der Waals surface area contributed by atoms with Gasteiger partial charge in [0.25, 0.3) is 0 Å². The van der Waals surface area contributed by atoms with E-state index in [2.05, 4.69) is 38.1 Å². The van der Waals surface area contributed by atoms with E-state index in [1.54, 1.807) is 0 Å². The molecule has 6 nitrogen and oxygen atoms in total. The quantitative estimate of drug-likeness (QED) is 0.110. The monoisotopic (exact) mass is 550 g/mol. The number of rotatable bonds is 26. The van der Waals surface area contributed by atoms with Crippen molar-refractivity contribution in [3.8, 4) is 0 Å². The molecule has 226 valence electrons. The fourth-order valence-corrected chi connectivity index (χ4v) is 4.80. The van der Waals surface area contributed by atoms with Crippen molar-refractivity contribution in [2.45, 2.75) is 116 Å². The van der Waals surface area contributed by atoms with Crippen LogP contribution in [0.25, 0.3) is 0 Å². The third kappa shape index (κ3) is 18.9. The first-order valence-corrected chi connectivity index (χ1v) is 15.9. The van der Waals surface area contributed by atoms with Crippen LogP contribution in [0.1, 0.15) is 114 Å². The van der Waals surface area contributed by atoms with E-state index < -0.39 is 0 Å². The largest absolute Gasteiger partial charge is 0.377 e. The molecule has 1 heterocycles. The number of benzene rings is 1. The molecule has 0 N–H and O–H groups in total. The molecule has 2 atom stereocenters. The summed E-state index contributed by atoms with van der Waals surface area (Å²) in [4.78, 5) is 0. The van der Waals surface area contributed by atoms with Crippen molar-refractivity contribution in [2.24, 2.45) is 0 Å². The summed E-state index contributed by atoms with van der Waals surface area (Å²) < 4.78 is 33.6. The molecular weight excluding hydrogens is 492 g/mol. The zero-order chi connectivity index (χ0) is 27.6. The Hall–Kier alpha value is -1.02. The Balaban J connectivity index is 1.33. The van der Waals surface area contributed by atoms with Crippen LogP contribution >= 0.6 is 0 Å². The molecule has 1 fully saturated rings. The van der Waals surface area contributed by atoms with Crippen molar-refractivity contribution >= 4 is 0 Å². The predicted octanol–water partition coefficient (Wildman–Crippen LogP) is 7.82. The minimum atomic E-state index is -0.0480. The number of hydrogen-bond donors (Lipinski definition) is 0. The first-order chi connectivity index (χ1) is 19.3. The lowest BCUT2D eigenvalue weighted by molar-refractivity contribution is -0.169. The second-order valence-corrected chi connectivity index (χ2v) is 10.8. The molecule has 39 heavy (non-hydrogen) atoms. The lowest BCUT2D eigenvalue weighted by atomic mass is 9.94. The Morgan fingerprint density at radius 1 is 0.692 bits per heavy atom. The van der Waals surface area contributed by atoms with Crippen molar-refractivity contribution in [3.05, 3.63) is 35.4 Å². The molecule has 1 saturated heterocycles. The molecule has 1 aromatic rings. The lowest BCUT2D eigenvalue weighted by Gasteiger charge is -2.22. The van der Waals surface area contributed by atoms with Gasteiger partial charge in [-0.05, 0) is 42.7 Å². The van der Waals surface area contributed by atoms with Gasteiger partial charge in [-0.15, -0.1) is 0 Å². The van der Waals surface area contributed by atoms with E-state index in [-0.39, 0.29) is 6.29 Å².